The van der Waals surface area contributed by atoms with Crippen molar-refractivity contribution >= 4 is 11.9 Å². The van der Waals surface area contributed by atoms with Gasteiger partial charge in [0, 0.05) is 6.42 Å². The van der Waals surface area contributed by atoms with Gasteiger partial charge < -0.3 is 19.7 Å². The Balaban J connectivity index is 4.52. The van der Waals surface area contributed by atoms with Gasteiger partial charge in [-0.05, 0) is 34.1 Å². The van der Waals surface area contributed by atoms with Gasteiger partial charge in [-0.25, -0.2) is 4.79 Å². The van der Waals surface area contributed by atoms with Gasteiger partial charge in [0.15, 0.2) is 6.61 Å². The van der Waals surface area contributed by atoms with Crippen LogP contribution in [-0.2, 0) is 19.1 Å². The highest BCUT2D eigenvalue weighted by Crippen LogP contribution is 2.23. The fourth-order valence-electron chi connectivity index (χ4n) is 1.52. The largest absolute Gasteiger partial charge is 0.457 e. The maximum absolute atomic E-state index is 11.7. The normalized spacial score (nSPS) is 15.2. The standard InChI is InChI=1S/C15H28O6/c1-7-10(2)13(17)20-9-12(16)21-11(15(5,6)19)8-14(3,4)18/h10-11,18-19H,7-9H2,1-6H3. The summed E-state index contributed by atoms with van der Waals surface area (Å²) < 4.78 is 9.97. The molecule has 6 nitrogen and oxygen atoms in total. The van der Waals surface area contributed by atoms with E-state index in [2.05, 4.69) is 0 Å². The first-order chi connectivity index (χ1) is 9.36. The van der Waals surface area contributed by atoms with Crippen molar-refractivity contribution in [1.29, 1.82) is 0 Å². The van der Waals surface area contributed by atoms with Gasteiger partial charge in [-0.1, -0.05) is 13.8 Å². The molecule has 0 radical (unpaired) electrons. The molecule has 0 spiro atoms. The molecule has 2 unspecified atom stereocenters. The molecule has 21 heavy (non-hydrogen) atoms. The molecule has 0 rings (SSSR count). The zero-order valence-electron chi connectivity index (χ0n) is 13.8. The van der Waals surface area contributed by atoms with Gasteiger partial charge in [0.2, 0.25) is 0 Å². The van der Waals surface area contributed by atoms with Crippen LogP contribution in [0.3, 0.4) is 0 Å². The number of ether oxygens (including phenoxy) is 2. The summed E-state index contributed by atoms with van der Waals surface area (Å²) in [6.07, 6.45) is -0.201. The summed E-state index contributed by atoms with van der Waals surface area (Å²) in [4.78, 5) is 23.2. The van der Waals surface area contributed by atoms with Crippen molar-refractivity contribution < 1.29 is 29.3 Å². The van der Waals surface area contributed by atoms with Crippen LogP contribution in [0.15, 0.2) is 0 Å². The lowest BCUT2D eigenvalue weighted by molar-refractivity contribution is -0.176. The SMILES string of the molecule is CCC(C)C(=O)OCC(=O)OC(CC(C)(C)O)C(C)(C)O. The van der Waals surface area contributed by atoms with Crippen molar-refractivity contribution in [2.45, 2.75) is 71.7 Å². The van der Waals surface area contributed by atoms with Gasteiger partial charge >= 0.3 is 11.9 Å². The molecule has 0 aliphatic rings. The molecule has 0 aromatic carbocycles. The second-order valence-corrected chi connectivity index (χ2v) is 6.57. The number of esters is 2. The number of aliphatic hydroxyl groups is 2. The molecule has 0 aromatic heterocycles. The van der Waals surface area contributed by atoms with Crippen LogP contribution in [0.1, 0.15) is 54.4 Å². The minimum absolute atomic E-state index is 0.0710. The van der Waals surface area contributed by atoms with E-state index in [9.17, 15) is 19.8 Å². The van der Waals surface area contributed by atoms with Gasteiger partial charge in [-0.3, -0.25) is 4.79 Å². The number of hydrogen-bond donors (Lipinski definition) is 2. The summed E-state index contributed by atoms with van der Waals surface area (Å²) in [6.45, 7) is 9.15. The van der Waals surface area contributed by atoms with Crippen LogP contribution in [0.25, 0.3) is 0 Å². The summed E-state index contributed by atoms with van der Waals surface area (Å²) in [5.41, 5.74) is -2.41. The van der Waals surface area contributed by atoms with E-state index in [-0.39, 0.29) is 12.3 Å². The first kappa shape index (κ1) is 19.9. The Morgan fingerprint density at radius 1 is 1.14 bits per heavy atom. The van der Waals surface area contributed by atoms with Gasteiger partial charge in [0.1, 0.15) is 6.10 Å². The maximum atomic E-state index is 11.7. The lowest BCUT2D eigenvalue weighted by Crippen LogP contribution is -2.44. The van der Waals surface area contributed by atoms with E-state index in [1.807, 2.05) is 6.92 Å². The minimum Gasteiger partial charge on any atom is -0.457 e. The molecular formula is C15H28O6. The van der Waals surface area contributed by atoms with E-state index < -0.39 is 35.9 Å². The molecule has 6 heteroatoms. The smallest absolute Gasteiger partial charge is 0.344 e. The third kappa shape index (κ3) is 8.67. The average Bonchev–Trinajstić information content (AvgIpc) is 2.31. The summed E-state index contributed by atoms with van der Waals surface area (Å²) in [7, 11) is 0. The molecule has 0 heterocycles. The van der Waals surface area contributed by atoms with E-state index in [4.69, 9.17) is 9.47 Å². The summed E-state index contributed by atoms with van der Waals surface area (Å²) >= 11 is 0. The fraction of sp³-hybridized carbons (Fsp3) is 0.867. The molecule has 0 amide bonds. The van der Waals surface area contributed by atoms with Crippen LogP contribution < -0.4 is 0 Å². The lowest BCUT2D eigenvalue weighted by atomic mass is 9.91. The highest BCUT2D eigenvalue weighted by Gasteiger charge is 2.35. The van der Waals surface area contributed by atoms with Crippen LogP contribution in [0.5, 0.6) is 0 Å². The predicted molar refractivity (Wildman–Crippen MR) is 77.5 cm³/mol. The minimum atomic E-state index is -1.31. The molecular weight excluding hydrogens is 276 g/mol. The topological polar surface area (TPSA) is 93.1 Å². The highest BCUT2D eigenvalue weighted by atomic mass is 16.6. The van der Waals surface area contributed by atoms with Crippen LogP contribution in [0, 0.1) is 5.92 Å². The van der Waals surface area contributed by atoms with Crippen LogP contribution in [0.2, 0.25) is 0 Å². The molecule has 0 bridgehead atoms. The van der Waals surface area contributed by atoms with Crippen molar-refractivity contribution in [3.05, 3.63) is 0 Å². The Morgan fingerprint density at radius 2 is 1.67 bits per heavy atom. The van der Waals surface area contributed by atoms with E-state index in [1.165, 1.54) is 13.8 Å². The second-order valence-electron chi connectivity index (χ2n) is 6.57. The summed E-state index contributed by atoms with van der Waals surface area (Å²) in [5.74, 6) is -1.49. The number of hydrogen-bond acceptors (Lipinski definition) is 6. The molecule has 0 fully saturated rings. The fourth-order valence-corrected chi connectivity index (χ4v) is 1.52. The molecule has 0 aliphatic carbocycles. The Labute approximate surface area is 126 Å². The summed E-state index contributed by atoms with van der Waals surface area (Å²) in [5, 5.41) is 19.8. The number of carbonyl (C=O) groups is 2. The molecule has 0 saturated carbocycles. The van der Waals surface area contributed by atoms with Crippen molar-refractivity contribution in [3.63, 3.8) is 0 Å². The van der Waals surface area contributed by atoms with Crippen molar-refractivity contribution in [1.82, 2.24) is 0 Å². The lowest BCUT2D eigenvalue weighted by Gasteiger charge is -2.33. The third-order valence-corrected chi connectivity index (χ3v) is 3.09. The first-order valence-electron chi connectivity index (χ1n) is 7.17. The van der Waals surface area contributed by atoms with Gasteiger partial charge in [-0.15, -0.1) is 0 Å². The highest BCUT2D eigenvalue weighted by molar-refractivity contribution is 5.77. The van der Waals surface area contributed by atoms with E-state index in [0.29, 0.717) is 6.42 Å². The van der Waals surface area contributed by atoms with E-state index in [1.54, 1.807) is 20.8 Å². The Hall–Kier alpha value is -1.14. The van der Waals surface area contributed by atoms with Crippen LogP contribution >= 0.6 is 0 Å². The van der Waals surface area contributed by atoms with Crippen molar-refractivity contribution in [2.75, 3.05) is 6.61 Å². The van der Waals surface area contributed by atoms with Gasteiger partial charge in [0.25, 0.3) is 0 Å². The van der Waals surface area contributed by atoms with Crippen molar-refractivity contribution in [3.8, 4) is 0 Å². The van der Waals surface area contributed by atoms with Crippen LogP contribution in [0.4, 0.5) is 0 Å². The van der Waals surface area contributed by atoms with Crippen molar-refractivity contribution in [2.24, 2.45) is 5.92 Å². The van der Waals surface area contributed by atoms with Gasteiger partial charge in [0.05, 0.1) is 17.1 Å². The first-order valence-corrected chi connectivity index (χ1v) is 7.17. The van der Waals surface area contributed by atoms with E-state index in [0.717, 1.165) is 0 Å². The molecule has 0 saturated heterocycles. The maximum Gasteiger partial charge on any atom is 0.344 e. The monoisotopic (exact) mass is 304 g/mol. The molecule has 124 valence electrons. The van der Waals surface area contributed by atoms with Gasteiger partial charge in [-0.2, -0.15) is 0 Å². The zero-order chi connectivity index (χ0) is 16.8. The number of carbonyl (C=O) groups excluding carboxylic acids is 2. The molecule has 2 atom stereocenters. The Morgan fingerprint density at radius 3 is 2.05 bits per heavy atom. The number of rotatable bonds is 8. The Bertz CT molecular complexity index is 350. The zero-order valence-corrected chi connectivity index (χ0v) is 13.8. The predicted octanol–water partition coefficient (Wildman–Crippen LogP) is 1.42. The van der Waals surface area contributed by atoms with Crippen LogP contribution in [-0.4, -0.2) is 46.1 Å². The van der Waals surface area contributed by atoms with E-state index >= 15 is 0 Å². The second kappa shape index (κ2) is 7.75. The Kier molecular flexibility index (Phi) is 7.33. The molecule has 0 aromatic rings. The molecule has 2 N–H and O–H groups in total. The molecule has 0 aliphatic heterocycles. The summed E-state index contributed by atoms with van der Waals surface area (Å²) in [6, 6.07) is 0. The average molecular weight is 304 g/mol. The third-order valence-electron chi connectivity index (χ3n) is 3.09. The quantitative estimate of drug-likeness (QED) is 0.659.